The van der Waals surface area contributed by atoms with Crippen LogP contribution in [0.25, 0.3) is 10.2 Å². The largest absolute Gasteiger partial charge is 0.494 e. The number of piperidine rings is 1. The summed E-state index contributed by atoms with van der Waals surface area (Å²) in [4.78, 5) is 29.1. The molecular weight excluding hydrogens is 450 g/mol. The average Bonchev–Trinajstić information content (AvgIpc) is 3.21. The molecule has 1 aliphatic heterocycles. The van der Waals surface area contributed by atoms with E-state index in [1.807, 2.05) is 12.1 Å². The van der Waals surface area contributed by atoms with E-state index in [0.29, 0.717) is 34.8 Å². The molecule has 0 bridgehead atoms. The summed E-state index contributed by atoms with van der Waals surface area (Å²) in [5.41, 5.74) is 1.08. The minimum atomic E-state index is -3.90. The van der Waals surface area contributed by atoms with Gasteiger partial charge in [0.2, 0.25) is 15.9 Å². The van der Waals surface area contributed by atoms with Gasteiger partial charge >= 0.3 is 0 Å². The van der Waals surface area contributed by atoms with Gasteiger partial charge in [0.05, 0.1) is 16.7 Å². The van der Waals surface area contributed by atoms with Crippen molar-refractivity contribution in [1.82, 2.24) is 9.29 Å². The van der Waals surface area contributed by atoms with Gasteiger partial charge in [-0.2, -0.15) is 4.31 Å². The van der Waals surface area contributed by atoms with E-state index in [0.717, 1.165) is 11.1 Å². The van der Waals surface area contributed by atoms with E-state index in [1.54, 1.807) is 13.2 Å². The number of sulfonamides is 1. The number of hydrogen-bond acceptors (Lipinski definition) is 7. The summed E-state index contributed by atoms with van der Waals surface area (Å²) in [6.45, 7) is 1.68. The number of aromatic nitrogens is 1. The Labute approximate surface area is 190 Å². The van der Waals surface area contributed by atoms with E-state index >= 15 is 0 Å². The molecule has 1 aromatic heterocycles. The molecule has 0 radical (unpaired) electrons. The SMILES string of the molecule is COc1cccc2sc(NC(=O)C3CCCCN3S(=O)(=O)c3ccc(C(C)=O)cc3)nc12. The van der Waals surface area contributed by atoms with Gasteiger partial charge in [0, 0.05) is 12.1 Å². The van der Waals surface area contributed by atoms with E-state index in [9.17, 15) is 18.0 Å². The molecule has 168 valence electrons. The van der Waals surface area contributed by atoms with Crippen molar-refractivity contribution in [2.24, 2.45) is 0 Å². The average molecular weight is 474 g/mol. The molecule has 32 heavy (non-hydrogen) atoms. The molecule has 1 N–H and O–H groups in total. The van der Waals surface area contributed by atoms with Gasteiger partial charge in [-0.15, -0.1) is 0 Å². The van der Waals surface area contributed by atoms with Gasteiger partial charge in [0.1, 0.15) is 17.3 Å². The number of para-hydroxylation sites is 1. The number of nitrogens with one attached hydrogen (secondary N) is 1. The number of fused-ring (bicyclic) bond motifs is 1. The maximum absolute atomic E-state index is 13.3. The number of anilines is 1. The van der Waals surface area contributed by atoms with Crippen LogP contribution in [0.2, 0.25) is 0 Å². The van der Waals surface area contributed by atoms with Gasteiger partial charge in [-0.05, 0) is 44.0 Å². The first kappa shape index (κ1) is 22.4. The first-order valence-corrected chi connectivity index (χ1v) is 12.4. The van der Waals surface area contributed by atoms with E-state index in [-0.39, 0.29) is 17.2 Å². The van der Waals surface area contributed by atoms with Crippen LogP contribution in [0.5, 0.6) is 5.75 Å². The summed E-state index contributed by atoms with van der Waals surface area (Å²) in [7, 11) is -2.35. The number of rotatable bonds is 6. The highest BCUT2D eigenvalue weighted by Crippen LogP contribution is 2.33. The predicted octanol–water partition coefficient (Wildman–Crippen LogP) is 3.69. The highest BCUT2D eigenvalue weighted by molar-refractivity contribution is 7.89. The van der Waals surface area contributed by atoms with E-state index in [4.69, 9.17) is 4.74 Å². The second-order valence-corrected chi connectivity index (χ2v) is 10.4. The molecule has 4 rings (SSSR count). The number of hydrogen-bond donors (Lipinski definition) is 1. The lowest BCUT2D eigenvalue weighted by molar-refractivity contribution is -0.120. The Hall–Kier alpha value is -2.82. The molecule has 1 atom stereocenters. The molecule has 1 unspecified atom stereocenters. The Kier molecular flexibility index (Phi) is 6.27. The Morgan fingerprint density at radius 1 is 1.16 bits per heavy atom. The minimum absolute atomic E-state index is 0.0620. The summed E-state index contributed by atoms with van der Waals surface area (Å²) in [5, 5.41) is 3.18. The van der Waals surface area contributed by atoms with Gasteiger partial charge in [-0.25, -0.2) is 13.4 Å². The lowest BCUT2D eigenvalue weighted by Crippen LogP contribution is -2.49. The van der Waals surface area contributed by atoms with Gasteiger partial charge < -0.3 is 10.1 Å². The van der Waals surface area contributed by atoms with Crippen LogP contribution in [-0.2, 0) is 14.8 Å². The van der Waals surface area contributed by atoms with Gasteiger partial charge in [-0.1, -0.05) is 36.0 Å². The Balaban J connectivity index is 1.59. The van der Waals surface area contributed by atoms with Crippen molar-refractivity contribution in [3.8, 4) is 5.75 Å². The number of ether oxygens (including phenoxy) is 1. The van der Waals surface area contributed by atoms with Crippen molar-refractivity contribution in [3.05, 3.63) is 48.0 Å². The molecule has 1 fully saturated rings. The summed E-state index contributed by atoms with van der Waals surface area (Å²) in [6, 6.07) is 10.5. The number of carbonyl (C=O) groups is 2. The van der Waals surface area contributed by atoms with E-state index < -0.39 is 22.0 Å². The smallest absolute Gasteiger partial charge is 0.244 e. The Morgan fingerprint density at radius 3 is 2.59 bits per heavy atom. The van der Waals surface area contributed by atoms with Crippen LogP contribution >= 0.6 is 11.3 Å². The number of Topliss-reactive ketones (excluding diaryl/α,β-unsaturated/α-hetero) is 1. The number of ketones is 1. The molecule has 1 amide bonds. The highest BCUT2D eigenvalue weighted by atomic mass is 32.2. The Morgan fingerprint density at radius 2 is 1.91 bits per heavy atom. The van der Waals surface area contributed by atoms with Crippen molar-refractivity contribution in [1.29, 1.82) is 0 Å². The fourth-order valence-electron chi connectivity index (χ4n) is 3.78. The number of nitrogens with zero attached hydrogens (tertiary/aromatic N) is 2. The standard InChI is InChI=1S/C22H23N3O5S2/c1-14(26)15-9-11-16(12-10-15)32(28,29)25-13-4-3-6-17(25)21(27)24-22-23-20-18(30-2)7-5-8-19(20)31-22/h5,7-12,17H,3-4,6,13H2,1-2H3,(H,23,24,27). The molecule has 0 saturated carbocycles. The number of carbonyl (C=O) groups excluding carboxylic acids is 2. The summed E-state index contributed by atoms with van der Waals surface area (Å²) >= 11 is 1.31. The number of methoxy groups -OCH3 is 1. The zero-order chi connectivity index (χ0) is 22.9. The molecule has 1 aliphatic rings. The number of thiazole rings is 1. The molecule has 0 spiro atoms. The second kappa shape index (κ2) is 8.97. The monoisotopic (exact) mass is 473 g/mol. The summed E-state index contributed by atoms with van der Waals surface area (Å²) in [5.74, 6) is 0.0541. The Bertz CT molecular complexity index is 1270. The maximum Gasteiger partial charge on any atom is 0.244 e. The van der Waals surface area contributed by atoms with Gasteiger partial charge in [-0.3, -0.25) is 9.59 Å². The third-order valence-corrected chi connectivity index (χ3v) is 8.31. The van der Waals surface area contributed by atoms with Crippen molar-refractivity contribution >= 4 is 48.4 Å². The lowest BCUT2D eigenvalue weighted by Gasteiger charge is -2.33. The van der Waals surface area contributed by atoms with Crippen molar-refractivity contribution in [2.45, 2.75) is 37.1 Å². The summed E-state index contributed by atoms with van der Waals surface area (Å²) in [6.07, 6.45) is 1.85. The third kappa shape index (κ3) is 4.25. The van der Waals surface area contributed by atoms with Crippen LogP contribution < -0.4 is 10.1 Å². The molecule has 0 aliphatic carbocycles. The van der Waals surface area contributed by atoms with Crippen LogP contribution in [0.1, 0.15) is 36.5 Å². The fourth-order valence-corrected chi connectivity index (χ4v) is 6.32. The van der Waals surface area contributed by atoms with E-state index in [2.05, 4.69) is 10.3 Å². The molecule has 2 heterocycles. The summed E-state index contributed by atoms with van der Waals surface area (Å²) < 4.78 is 34.0. The zero-order valence-corrected chi connectivity index (χ0v) is 19.3. The van der Waals surface area contributed by atoms with Crippen LogP contribution in [0.3, 0.4) is 0 Å². The third-order valence-electron chi connectivity index (χ3n) is 5.46. The molecule has 2 aromatic carbocycles. The molecule has 1 saturated heterocycles. The predicted molar refractivity (Wildman–Crippen MR) is 123 cm³/mol. The molecular formula is C22H23N3O5S2. The van der Waals surface area contributed by atoms with Gasteiger partial charge in [0.15, 0.2) is 10.9 Å². The van der Waals surface area contributed by atoms with Crippen molar-refractivity contribution in [2.75, 3.05) is 19.0 Å². The highest BCUT2D eigenvalue weighted by Gasteiger charge is 2.38. The van der Waals surface area contributed by atoms with Gasteiger partial charge in [0.25, 0.3) is 0 Å². The molecule has 10 heteroatoms. The quantitative estimate of drug-likeness (QED) is 0.548. The number of benzene rings is 2. The normalized spacial score (nSPS) is 17.2. The van der Waals surface area contributed by atoms with Crippen LogP contribution in [0, 0.1) is 0 Å². The number of amides is 1. The molecule has 3 aromatic rings. The molecule has 8 nitrogen and oxygen atoms in total. The zero-order valence-electron chi connectivity index (χ0n) is 17.7. The van der Waals surface area contributed by atoms with Crippen LogP contribution in [0.15, 0.2) is 47.4 Å². The maximum atomic E-state index is 13.3. The van der Waals surface area contributed by atoms with E-state index in [1.165, 1.54) is 46.8 Å². The van der Waals surface area contributed by atoms with Crippen LogP contribution in [0.4, 0.5) is 5.13 Å². The van der Waals surface area contributed by atoms with Crippen molar-refractivity contribution in [3.63, 3.8) is 0 Å². The topological polar surface area (TPSA) is 106 Å². The first-order valence-electron chi connectivity index (χ1n) is 10.2. The first-order chi connectivity index (χ1) is 15.3. The lowest BCUT2D eigenvalue weighted by atomic mass is 10.0. The van der Waals surface area contributed by atoms with Crippen molar-refractivity contribution < 1.29 is 22.7 Å². The minimum Gasteiger partial charge on any atom is -0.494 e. The fraction of sp³-hybridized carbons (Fsp3) is 0.318. The second-order valence-electron chi connectivity index (χ2n) is 7.52. The van der Waals surface area contributed by atoms with Crippen LogP contribution in [-0.4, -0.2) is 49.1 Å².